The lowest BCUT2D eigenvalue weighted by molar-refractivity contribution is 0.0471. The van der Waals surface area contributed by atoms with Crippen molar-refractivity contribution in [3.05, 3.63) is 63.8 Å². The van der Waals surface area contributed by atoms with Crippen molar-refractivity contribution in [2.75, 3.05) is 26.8 Å². The topological polar surface area (TPSA) is 78.3 Å². The number of nitriles is 1. The molecular weight excluding hydrogens is 450 g/mol. The minimum absolute atomic E-state index is 0.0389. The predicted octanol–water partition coefficient (Wildman–Crippen LogP) is 5.35. The Morgan fingerprint density at radius 3 is 2.64 bits per heavy atom. The molecule has 1 N–H and O–H groups in total. The van der Waals surface area contributed by atoms with Crippen molar-refractivity contribution in [2.45, 2.75) is 64.5 Å². The Morgan fingerprint density at radius 1 is 1.22 bits per heavy atom. The molecule has 1 unspecified atom stereocenters. The molecule has 2 aliphatic rings. The maximum absolute atomic E-state index is 13.8. The third-order valence-electron chi connectivity index (χ3n) is 8.08. The van der Waals surface area contributed by atoms with E-state index in [2.05, 4.69) is 55.8 Å². The zero-order valence-electron chi connectivity index (χ0n) is 21.9. The van der Waals surface area contributed by atoms with Crippen molar-refractivity contribution in [1.29, 1.82) is 5.26 Å². The third-order valence-corrected chi connectivity index (χ3v) is 8.08. The van der Waals surface area contributed by atoms with Gasteiger partial charge in [0.25, 0.3) is 0 Å². The quantitative estimate of drug-likeness (QED) is 0.509. The molecular formula is C30H35N3O3. The number of hydrogen-bond donors (Lipinski definition) is 1. The van der Waals surface area contributed by atoms with Crippen molar-refractivity contribution in [2.24, 2.45) is 0 Å². The third kappa shape index (κ3) is 4.01. The van der Waals surface area contributed by atoms with Gasteiger partial charge in [0, 0.05) is 53.8 Å². The van der Waals surface area contributed by atoms with Crippen LogP contribution in [-0.2, 0) is 16.6 Å². The summed E-state index contributed by atoms with van der Waals surface area (Å²) in [6.07, 6.45) is 2.91. The number of likely N-dealkylation sites (tertiary alicyclic amines) is 1. The maximum Gasteiger partial charge on any atom is 0.195 e. The number of H-pyrrole nitrogens is 1. The van der Waals surface area contributed by atoms with Crippen molar-refractivity contribution < 1.29 is 14.3 Å². The average molecular weight is 486 g/mol. The number of methoxy groups -OCH3 is 1. The molecule has 188 valence electrons. The molecule has 3 aromatic rings. The number of ether oxygens (including phenoxy) is 2. The van der Waals surface area contributed by atoms with E-state index in [1.165, 1.54) is 0 Å². The van der Waals surface area contributed by atoms with Crippen molar-refractivity contribution >= 4 is 16.7 Å². The molecule has 6 nitrogen and oxygen atoms in total. The zero-order chi connectivity index (χ0) is 25.6. The summed E-state index contributed by atoms with van der Waals surface area (Å²) in [4.78, 5) is 19.8. The number of aryl methyl sites for hydroxylation is 1. The Hall–Kier alpha value is -3.14. The van der Waals surface area contributed by atoms with Gasteiger partial charge in [-0.25, -0.2) is 0 Å². The predicted molar refractivity (Wildman–Crippen MR) is 141 cm³/mol. The smallest absolute Gasteiger partial charge is 0.195 e. The second-order valence-electron chi connectivity index (χ2n) is 10.7. The van der Waals surface area contributed by atoms with Crippen LogP contribution in [0.4, 0.5) is 0 Å². The van der Waals surface area contributed by atoms with Gasteiger partial charge in [0.05, 0.1) is 23.8 Å². The van der Waals surface area contributed by atoms with E-state index in [1.54, 1.807) is 13.2 Å². The molecule has 1 aliphatic heterocycles. The number of carbonyl (C=O) groups is 1. The van der Waals surface area contributed by atoms with Crippen molar-refractivity contribution in [3.63, 3.8) is 0 Å². The number of nitrogens with zero attached hydrogens (tertiary/aromatic N) is 2. The summed E-state index contributed by atoms with van der Waals surface area (Å²) in [5.74, 6) is 0.934. The first-order valence-electron chi connectivity index (χ1n) is 13.0. The molecule has 2 heterocycles. The Labute approximate surface area is 213 Å². The number of fused-ring (bicyclic) bond motifs is 4. The first-order chi connectivity index (χ1) is 17.3. The van der Waals surface area contributed by atoms with Gasteiger partial charge in [0.15, 0.2) is 5.78 Å². The van der Waals surface area contributed by atoms with Crippen molar-refractivity contribution in [1.82, 2.24) is 9.88 Å². The molecule has 1 atom stereocenters. The van der Waals surface area contributed by atoms with Gasteiger partial charge < -0.3 is 14.5 Å². The van der Waals surface area contributed by atoms with Gasteiger partial charge in [-0.1, -0.05) is 26.8 Å². The fourth-order valence-corrected chi connectivity index (χ4v) is 5.92. The van der Waals surface area contributed by atoms with Gasteiger partial charge in [-0.3, -0.25) is 9.69 Å². The van der Waals surface area contributed by atoms with Crippen LogP contribution in [0, 0.1) is 11.3 Å². The second-order valence-corrected chi connectivity index (χ2v) is 10.7. The summed E-state index contributed by atoms with van der Waals surface area (Å²) in [5, 5.41) is 10.2. The molecule has 5 rings (SSSR count). The van der Waals surface area contributed by atoms with Crippen LogP contribution in [0.5, 0.6) is 5.75 Å². The minimum atomic E-state index is -0.409. The van der Waals surface area contributed by atoms with Gasteiger partial charge in [-0.15, -0.1) is 0 Å². The molecule has 0 bridgehead atoms. The monoisotopic (exact) mass is 485 g/mol. The highest BCUT2D eigenvalue weighted by molar-refractivity contribution is 6.20. The fourth-order valence-electron chi connectivity index (χ4n) is 5.92. The lowest BCUT2D eigenvalue weighted by atomic mass is 9.70. The summed E-state index contributed by atoms with van der Waals surface area (Å²) in [7, 11) is 1.75. The summed E-state index contributed by atoms with van der Waals surface area (Å²) in [5.41, 5.74) is 5.44. The number of carbonyl (C=O) groups excluding carboxylic acids is 1. The van der Waals surface area contributed by atoms with E-state index in [0.717, 1.165) is 83.6 Å². The van der Waals surface area contributed by atoms with Gasteiger partial charge in [0.1, 0.15) is 11.9 Å². The number of piperidine rings is 1. The van der Waals surface area contributed by atoms with E-state index < -0.39 is 5.41 Å². The summed E-state index contributed by atoms with van der Waals surface area (Å²) in [6.45, 7) is 11.4. The van der Waals surface area contributed by atoms with Crippen molar-refractivity contribution in [3.8, 4) is 11.8 Å². The average Bonchev–Trinajstić information content (AvgIpc) is 3.28. The normalized spacial score (nSPS) is 18.5. The van der Waals surface area contributed by atoms with Gasteiger partial charge in [-0.2, -0.15) is 5.26 Å². The van der Waals surface area contributed by atoms with Crippen LogP contribution in [0.25, 0.3) is 10.9 Å². The van der Waals surface area contributed by atoms with Gasteiger partial charge in [0.2, 0.25) is 0 Å². The molecule has 0 amide bonds. The van der Waals surface area contributed by atoms with E-state index >= 15 is 0 Å². The Kier molecular flexibility index (Phi) is 6.40. The summed E-state index contributed by atoms with van der Waals surface area (Å²) in [6, 6.07) is 12.3. The second kappa shape index (κ2) is 9.38. The molecule has 1 aliphatic carbocycles. The number of aromatic amines is 1. The number of hydrogen-bond acceptors (Lipinski definition) is 5. The highest BCUT2D eigenvalue weighted by Gasteiger charge is 2.40. The molecule has 0 radical (unpaired) electrons. The lowest BCUT2D eigenvalue weighted by Gasteiger charge is -2.37. The molecule has 6 heteroatoms. The molecule has 1 fully saturated rings. The van der Waals surface area contributed by atoms with Gasteiger partial charge in [-0.05, 0) is 61.6 Å². The Morgan fingerprint density at radius 2 is 1.97 bits per heavy atom. The first kappa shape index (κ1) is 24.5. The molecule has 0 saturated carbocycles. The number of aromatic nitrogens is 1. The minimum Gasteiger partial charge on any atom is -0.490 e. The highest BCUT2D eigenvalue weighted by Crippen LogP contribution is 2.46. The zero-order valence-corrected chi connectivity index (χ0v) is 21.9. The Balaban J connectivity index is 1.48. The fraction of sp³-hybridized carbons (Fsp3) is 0.467. The lowest BCUT2D eigenvalue weighted by Crippen LogP contribution is -2.44. The van der Waals surface area contributed by atoms with Crippen LogP contribution < -0.4 is 4.74 Å². The van der Waals surface area contributed by atoms with Crippen LogP contribution in [0.1, 0.15) is 78.8 Å². The standard InChI is InChI=1S/C30H35N3O3/c1-6-20-14-23-24(15-26(20)36-21-9-11-33(12-10-21)18(2)17-35-5)30(3,4)29-27(28(23)34)22-8-7-19(16-31)13-25(22)32-29/h7-8,13-15,18,21,32H,6,9-12,17H2,1-5H3. The maximum atomic E-state index is 13.8. The van der Waals surface area contributed by atoms with Crippen LogP contribution in [0.3, 0.4) is 0 Å². The number of benzene rings is 2. The summed E-state index contributed by atoms with van der Waals surface area (Å²) < 4.78 is 12.0. The molecule has 1 saturated heterocycles. The van der Waals surface area contributed by atoms with Crippen LogP contribution in [0.2, 0.25) is 0 Å². The molecule has 0 spiro atoms. The van der Waals surface area contributed by atoms with Gasteiger partial charge >= 0.3 is 0 Å². The molecule has 36 heavy (non-hydrogen) atoms. The largest absolute Gasteiger partial charge is 0.490 e. The van der Waals surface area contributed by atoms with Crippen LogP contribution in [-0.4, -0.2) is 54.6 Å². The molecule has 2 aromatic carbocycles. The van der Waals surface area contributed by atoms with E-state index in [4.69, 9.17) is 9.47 Å². The first-order valence-corrected chi connectivity index (χ1v) is 13.0. The van der Waals surface area contributed by atoms with Crippen LogP contribution >= 0.6 is 0 Å². The van der Waals surface area contributed by atoms with Crippen LogP contribution in [0.15, 0.2) is 30.3 Å². The van der Waals surface area contributed by atoms with E-state index in [9.17, 15) is 10.1 Å². The number of nitrogens with one attached hydrogen (secondary N) is 1. The molecule has 1 aromatic heterocycles. The Bertz CT molecular complexity index is 1360. The summed E-state index contributed by atoms with van der Waals surface area (Å²) >= 11 is 0. The SMILES string of the molecule is CCc1cc2c(cc1OC1CCN(C(C)COC)CC1)C(C)(C)c1[nH]c3cc(C#N)ccc3c1C2=O. The van der Waals surface area contributed by atoms with E-state index in [1.807, 2.05) is 12.1 Å². The highest BCUT2D eigenvalue weighted by atomic mass is 16.5. The van der Waals surface area contributed by atoms with E-state index in [0.29, 0.717) is 11.6 Å². The number of rotatable bonds is 6. The van der Waals surface area contributed by atoms with E-state index in [-0.39, 0.29) is 11.9 Å². The number of ketones is 1.